The molecule has 0 aromatic carbocycles. The quantitative estimate of drug-likeness (QED) is 0.204. The number of hydrogen-bond acceptors (Lipinski definition) is 5. The van der Waals surface area contributed by atoms with Gasteiger partial charge in [0, 0.05) is 19.4 Å². The molecular formula is C21H36N2O4. The van der Waals surface area contributed by atoms with Crippen LogP contribution in [0, 0.1) is 24.7 Å². The maximum Gasteiger partial charge on any atom is 0.307 e. The second kappa shape index (κ2) is 22.0. The van der Waals surface area contributed by atoms with E-state index in [0.717, 1.165) is 65.0 Å². The number of unbranched alkanes of at least 4 members (excludes halogenated alkanes) is 2. The first-order valence-corrected chi connectivity index (χ1v) is 9.64. The molecule has 0 unspecified atom stereocenters. The van der Waals surface area contributed by atoms with Crippen LogP contribution in [-0.4, -0.2) is 73.2 Å². The van der Waals surface area contributed by atoms with Crippen molar-refractivity contribution < 1.29 is 19.4 Å². The average Bonchev–Trinajstić information content (AvgIpc) is 2.66. The Morgan fingerprint density at radius 3 is 2.07 bits per heavy atom. The zero-order chi connectivity index (χ0) is 20.8. The van der Waals surface area contributed by atoms with Crippen LogP contribution < -0.4 is 0 Å². The first-order valence-electron chi connectivity index (χ1n) is 9.64. The van der Waals surface area contributed by atoms with Crippen molar-refractivity contribution in [2.24, 2.45) is 0 Å². The van der Waals surface area contributed by atoms with E-state index in [1.54, 1.807) is 0 Å². The number of ether oxygens (including phenoxy) is 1. The van der Waals surface area contributed by atoms with Crippen LogP contribution >= 0.6 is 0 Å². The molecule has 0 aliphatic rings. The van der Waals surface area contributed by atoms with Crippen molar-refractivity contribution in [3.05, 3.63) is 0 Å². The van der Waals surface area contributed by atoms with E-state index in [1.165, 1.54) is 0 Å². The van der Waals surface area contributed by atoms with Gasteiger partial charge >= 0.3 is 5.97 Å². The summed E-state index contributed by atoms with van der Waals surface area (Å²) in [5, 5.41) is 6.89. The Bertz CT molecular complexity index is 436. The van der Waals surface area contributed by atoms with Crippen LogP contribution in [0.3, 0.4) is 0 Å². The zero-order valence-corrected chi connectivity index (χ0v) is 17.0. The van der Waals surface area contributed by atoms with Crippen LogP contribution in [0.2, 0.25) is 0 Å². The molecule has 0 aromatic heterocycles. The molecular weight excluding hydrogens is 344 g/mol. The Kier molecular flexibility index (Phi) is 22.2. The lowest BCUT2D eigenvalue weighted by atomic mass is 10.2. The highest BCUT2D eigenvalue weighted by Crippen LogP contribution is 2.03. The van der Waals surface area contributed by atoms with Gasteiger partial charge in [-0.2, -0.15) is 0 Å². The average molecular weight is 381 g/mol. The second-order valence-corrected chi connectivity index (χ2v) is 5.91. The molecule has 0 saturated heterocycles. The molecule has 0 aromatic rings. The third kappa shape index (κ3) is 20.1. The molecule has 6 nitrogen and oxygen atoms in total. The summed E-state index contributed by atoms with van der Waals surface area (Å²) < 4.78 is 5.11. The topological polar surface area (TPSA) is 70.1 Å². The summed E-state index contributed by atoms with van der Waals surface area (Å²) in [5.41, 5.74) is 0. The molecule has 27 heavy (non-hydrogen) atoms. The van der Waals surface area contributed by atoms with Crippen molar-refractivity contribution in [1.29, 1.82) is 0 Å². The Balaban J connectivity index is 0. The maximum atomic E-state index is 11.7. The summed E-state index contributed by atoms with van der Waals surface area (Å²) in [4.78, 5) is 24.9. The van der Waals surface area contributed by atoms with Crippen LogP contribution in [0.4, 0.5) is 0 Å². The minimum Gasteiger partial charge on any atom is -0.483 e. The van der Waals surface area contributed by atoms with Crippen molar-refractivity contribution in [2.45, 2.75) is 52.4 Å². The summed E-state index contributed by atoms with van der Waals surface area (Å²) in [7, 11) is 0. The van der Waals surface area contributed by atoms with Gasteiger partial charge < -0.3 is 19.6 Å². The third-order valence-electron chi connectivity index (χ3n) is 4.03. The molecule has 0 radical (unpaired) electrons. The van der Waals surface area contributed by atoms with Crippen molar-refractivity contribution in [3.8, 4) is 24.7 Å². The predicted octanol–water partition coefficient (Wildman–Crippen LogP) is 2.48. The molecule has 0 aliphatic heterocycles. The Morgan fingerprint density at radius 1 is 0.963 bits per heavy atom. The second-order valence-electron chi connectivity index (χ2n) is 5.91. The fraction of sp³-hybridized carbons (Fsp3) is 0.714. The fourth-order valence-electron chi connectivity index (χ4n) is 2.50. The number of carbonyl (C=O) groups is 2. The van der Waals surface area contributed by atoms with E-state index in [1.807, 2.05) is 0 Å². The number of esters is 1. The summed E-state index contributed by atoms with van der Waals surface area (Å²) in [6.45, 7) is 10.4. The van der Waals surface area contributed by atoms with E-state index in [-0.39, 0.29) is 12.4 Å². The van der Waals surface area contributed by atoms with Crippen LogP contribution in [0.5, 0.6) is 0 Å². The summed E-state index contributed by atoms with van der Waals surface area (Å²) in [5.74, 6) is 4.98. The van der Waals surface area contributed by atoms with Crippen LogP contribution in [0.25, 0.3) is 0 Å². The van der Waals surface area contributed by atoms with E-state index in [4.69, 9.17) is 27.5 Å². The smallest absolute Gasteiger partial charge is 0.307 e. The Hall–Kier alpha value is -2.02. The van der Waals surface area contributed by atoms with Gasteiger partial charge in [-0.15, -0.1) is 24.7 Å². The highest BCUT2D eigenvalue weighted by molar-refractivity contribution is 5.69. The highest BCUT2D eigenvalue weighted by atomic mass is 16.5. The van der Waals surface area contributed by atoms with Gasteiger partial charge in [-0.05, 0) is 52.0 Å². The minimum absolute atomic E-state index is 0.164. The number of rotatable bonds is 15. The summed E-state index contributed by atoms with van der Waals surface area (Å²) in [6.07, 6.45) is 15.4. The number of carbonyl (C=O) groups excluding carboxylic acids is 1. The summed E-state index contributed by atoms with van der Waals surface area (Å²) in [6, 6.07) is 0. The fourth-order valence-corrected chi connectivity index (χ4v) is 2.50. The molecule has 0 rings (SSSR count). The van der Waals surface area contributed by atoms with Gasteiger partial charge in [0.05, 0.1) is 6.42 Å². The summed E-state index contributed by atoms with van der Waals surface area (Å²) >= 11 is 0. The predicted molar refractivity (Wildman–Crippen MR) is 109 cm³/mol. The molecule has 0 fully saturated rings. The van der Waals surface area contributed by atoms with Gasteiger partial charge in [0.15, 0.2) is 0 Å². The molecule has 6 heteroatoms. The molecule has 0 amide bonds. The van der Waals surface area contributed by atoms with Crippen molar-refractivity contribution in [3.63, 3.8) is 0 Å². The van der Waals surface area contributed by atoms with Gasteiger partial charge in [-0.25, -0.2) is 0 Å². The SMILES string of the molecule is C#CCCCCN(CCCN(CC)CC)CCC(=O)OCCC#C.O=CO. The molecule has 0 heterocycles. The van der Waals surface area contributed by atoms with E-state index >= 15 is 0 Å². The molecule has 0 aliphatic carbocycles. The lowest BCUT2D eigenvalue weighted by molar-refractivity contribution is -0.143. The highest BCUT2D eigenvalue weighted by Gasteiger charge is 2.10. The van der Waals surface area contributed by atoms with Gasteiger partial charge in [-0.1, -0.05) is 13.8 Å². The molecule has 0 spiro atoms. The molecule has 0 bridgehead atoms. The number of nitrogens with zero attached hydrogens (tertiary/aromatic N) is 2. The number of terminal acetylenes is 2. The third-order valence-corrected chi connectivity index (χ3v) is 4.03. The van der Waals surface area contributed by atoms with Crippen molar-refractivity contribution >= 4 is 12.4 Å². The Labute approximate surface area is 165 Å². The minimum atomic E-state index is -0.250. The lowest BCUT2D eigenvalue weighted by Gasteiger charge is -2.24. The van der Waals surface area contributed by atoms with Gasteiger partial charge in [0.2, 0.25) is 0 Å². The van der Waals surface area contributed by atoms with E-state index in [9.17, 15) is 4.79 Å². The van der Waals surface area contributed by atoms with Gasteiger partial charge in [0.25, 0.3) is 6.47 Å². The van der Waals surface area contributed by atoms with Crippen LogP contribution in [0.15, 0.2) is 0 Å². The largest absolute Gasteiger partial charge is 0.483 e. The van der Waals surface area contributed by atoms with E-state index < -0.39 is 0 Å². The van der Waals surface area contributed by atoms with Gasteiger partial charge in [0.1, 0.15) is 6.61 Å². The van der Waals surface area contributed by atoms with E-state index in [2.05, 4.69) is 35.5 Å². The van der Waals surface area contributed by atoms with Crippen LogP contribution in [0.1, 0.15) is 52.4 Å². The normalized spacial score (nSPS) is 9.85. The molecule has 0 saturated carbocycles. The van der Waals surface area contributed by atoms with Crippen molar-refractivity contribution in [1.82, 2.24) is 9.80 Å². The molecule has 154 valence electrons. The van der Waals surface area contributed by atoms with Crippen LogP contribution in [-0.2, 0) is 14.3 Å². The molecule has 0 atom stereocenters. The maximum absolute atomic E-state index is 11.7. The first kappa shape index (κ1) is 27.2. The number of hydrogen-bond donors (Lipinski definition) is 1. The van der Waals surface area contributed by atoms with Gasteiger partial charge in [-0.3, -0.25) is 9.59 Å². The van der Waals surface area contributed by atoms with E-state index in [0.29, 0.717) is 19.4 Å². The monoisotopic (exact) mass is 380 g/mol. The number of carboxylic acid groups (broad SMARTS) is 1. The molecule has 1 N–H and O–H groups in total. The zero-order valence-electron chi connectivity index (χ0n) is 17.0. The lowest BCUT2D eigenvalue weighted by Crippen LogP contribution is -2.32. The van der Waals surface area contributed by atoms with Crippen molar-refractivity contribution in [2.75, 3.05) is 45.9 Å². The first-order chi connectivity index (χ1) is 13.1. The Morgan fingerprint density at radius 2 is 1.52 bits per heavy atom. The standard InChI is InChI=1S/C20H34N2O2.CH2O2/c1-5-9-11-12-15-22(17-13-16-21(7-3)8-4)18-14-20(23)24-19-10-6-2;2-1-3/h1-2H,7-19H2,3-4H3;1H,(H,2,3).